The van der Waals surface area contributed by atoms with E-state index in [1.54, 1.807) is 6.33 Å². The second kappa shape index (κ2) is 7.25. The molecule has 0 aliphatic carbocycles. The van der Waals surface area contributed by atoms with Crippen LogP contribution in [0.4, 0.5) is 5.82 Å². The average Bonchev–Trinajstić information content (AvgIpc) is 2.97. The molecule has 24 heavy (non-hydrogen) atoms. The van der Waals surface area contributed by atoms with Gasteiger partial charge in [-0.25, -0.2) is 15.4 Å². The fourth-order valence-corrected chi connectivity index (χ4v) is 3.59. The molecule has 2 aliphatic rings. The van der Waals surface area contributed by atoms with Crippen LogP contribution in [0.3, 0.4) is 0 Å². The lowest BCUT2D eigenvalue weighted by Gasteiger charge is -2.20. The monoisotopic (exact) mass is 324 g/mol. The highest BCUT2D eigenvalue weighted by Crippen LogP contribution is 2.26. The van der Waals surface area contributed by atoms with E-state index >= 15 is 0 Å². The highest BCUT2D eigenvalue weighted by molar-refractivity contribution is 5.47. The summed E-state index contributed by atoms with van der Waals surface area (Å²) in [6, 6.07) is 10.9. The van der Waals surface area contributed by atoms with Crippen LogP contribution < -0.4 is 21.5 Å². The van der Waals surface area contributed by atoms with E-state index in [0.29, 0.717) is 12.0 Å². The first-order valence-corrected chi connectivity index (χ1v) is 8.72. The van der Waals surface area contributed by atoms with Gasteiger partial charge in [-0.1, -0.05) is 30.3 Å². The predicted octanol–water partition coefficient (Wildman–Crippen LogP) is 1.04. The summed E-state index contributed by atoms with van der Waals surface area (Å²) in [7, 11) is 0. The van der Waals surface area contributed by atoms with Crippen molar-refractivity contribution in [3.05, 3.63) is 53.5 Å². The van der Waals surface area contributed by atoms with Gasteiger partial charge in [0.2, 0.25) is 0 Å². The van der Waals surface area contributed by atoms with Crippen LogP contribution in [0.25, 0.3) is 0 Å². The van der Waals surface area contributed by atoms with Crippen molar-refractivity contribution in [3.8, 4) is 0 Å². The molecule has 3 heterocycles. The maximum Gasteiger partial charge on any atom is 0.132 e. The quantitative estimate of drug-likeness (QED) is 0.674. The third-order valence-corrected chi connectivity index (χ3v) is 4.91. The zero-order chi connectivity index (χ0) is 16.2. The van der Waals surface area contributed by atoms with Crippen LogP contribution in [0.15, 0.2) is 36.7 Å². The number of anilines is 1. The standard InChI is InChI=1S/C18H24N6/c1-2-4-13(5-3-1)17-14(11-23-24-17)10-20-18-15-6-8-19-9-7-16(15)21-12-22-18/h1-5,12,14,17,19,23-24H,6-11H2,(H,20,21,22). The van der Waals surface area contributed by atoms with Gasteiger partial charge in [0.05, 0.1) is 11.7 Å². The maximum absolute atomic E-state index is 4.50. The number of benzene rings is 1. The zero-order valence-corrected chi connectivity index (χ0v) is 13.8. The van der Waals surface area contributed by atoms with E-state index in [4.69, 9.17) is 0 Å². The number of rotatable bonds is 4. The molecule has 6 nitrogen and oxygen atoms in total. The Morgan fingerprint density at radius 1 is 1.08 bits per heavy atom. The van der Waals surface area contributed by atoms with E-state index in [1.165, 1.54) is 16.8 Å². The molecule has 0 saturated carbocycles. The van der Waals surface area contributed by atoms with Crippen LogP contribution in [0.1, 0.15) is 22.9 Å². The minimum absolute atomic E-state index is 0.320. The van der Waals surface area contributed by atoms with Gasteiger partial charge in [0, 0.05) is 37.5 Å². The number of nitrogens with one attached hydrogen (secondary N) is 4. The lowest BCUT2D eigenvalue weighted by atomic mass is 9.95. The second-order valence-electron chi connectivity index (χ2n) is 6.45. The molecule has 2 unspecified atom stereocenters. The molecule has 1 saturated heterocycles. The van der Waals surface area contributed by atoms with Crippen molar-refractivity contribution in [3.63, 3.8) is 0 Å². The molecule has 2 aliphatic heterocycles. The molecule has 0 bridgehead atoms. The van der Waals surface area contributed by atoms with Crippen LogP contribution >= 0.6 is 0 Å². The van der Waals surface area contributed by atoms with Crippen LogP contribution in [0, 0.1) is 5.92 Å². The summed E-state index contributed by atoms with van der Waals surface area (Å²) < 4.78 is 0. The second-order valence-corrected chi connectivity index (χ2v) is 6.45. The molecule has 1 aromatic carbocycles. The molecular formula is C18H24N6. The summed E-state index contributed by atoms with van der Waals surface area (Å²) in [5.41, 5.74) is 10.5. The van der Waals surface area contributed by atoms with Crippen molar-refractivity contribution in [2.45, 2.75) is 18.9 Å². The van der Waals surface area contributed by atoms with Crippen LogP contribution in [-0.4, -0.2) is 36.1 Å². The molecule has 0 spiro atoms. The highest BCUT2D eigenvalue weighted by Gasteiger charge is 2.28. The lowest BCUT2D eigenvalue weighted by molar-refractivity contribution is 0.492. The smallest absolute Gasteiger partial charge is 0.132 e. The summed E-state index contributed by atoms with van der Waals surface area (Å²) >= 11 is 0. The van der Waals surface area contributed by atoms with Gasteiger partial charge in [-0.2, -0.15) is 0 Å². The Morgan fingerprint density at radius 2 is 1.96 bits per heavy atom. The third-order valence-electron chi connectivity index (χ3n) is 4.91. The van der Waals surface area contributed by atoms with Crippen LogP contribution in [0.2, 0.25) is 0 Å². The molecular weight excluding hydrogens is 300 g/mol. The van der Waals surface area contributed by atoms with E-state index in [-0.39, 0.29) is 0 Å². The molecule has 4 rings (SSSR count). The number of hydrazine groups is 1. The summed E-state index contributed by atoms with van der Waals surface area (Å²) in [4.78, 5) is 8.97. The third kappa shape index (κ3) is 3.26. The predicted molar refractivity (Wildman–Crippen MR) is 94.6 cm³/mol. The van der Waals surface area contributed by atoms with Gasteiger partial charge in [0.15, 0.2) is 0 Å². The molecule has 0 amide bonds. The van der Waals surface area contributed by atoms with Crippen molar-refractivity contribution in [1.29, 1.82) is 0 Å². The van der Waals surface area contributed by atoms with Crippen molar-refractivity contribution < 1.29 is 0 Å². The van der Waals surface area contributed by atoms with Gasteiger partial charge in [0.1, 0.15) is 12.1 Å². The number of fused-ring (bicyclic) bond motifs is 1. The van der Waals surface area contributed by atoms with Gasteiger partial charge in [-0.15, -0.1) is 0 Å². The molecule has 0 radical (unpaired) electrons. The van der Waals surface area contributed by atoms with Crippen LogP contribution in [0.5, 0.6) is 0 Å². The van der Waals surface area contributed by atoms with Crippen molar-refractivity contribution >= 4 is 5.82 Å². The maximum atomic E-state index is 4.50. The molecule has 2 atom stereocenters. The van der Waals surface area contributed by atoms with Crippen molar-refractivity contribution in [1.82, 2.24) is 26.1 Å². The number of hydrogen-bond donors (Lipinski definition) is 4. The Labute approximate surface area is 142 Å². The Bertz CT molecular complexity index is 674. The zero-order valence-electron chi connectivity index (χ0n) is 13.8. The first-order chi connectivity index (χ1) is 11.9. The highest BCUT2D eigenvalue weighted by atomic mass is 15.4. The minimum Gasteiger partial charge on any atom is -0.369 e. The fourth-order valence-electron chi connectivity index (χ4n) is 3.59. The van der Waals surface area contributed by atoms with Gasteiger partial charge in [-0.3, -0.25) is 5.43 Å². The Kier molecular flexibility index (Phi) is 4.69. The van der Waals surface area contributed by atoms with Crippen molar-refractivity contribution in [2.24, 2.45) is 5.92 Å². The largest absolute Gasteiger partial charge is 0.369 e. The molecule has 4 N–H and O–H groups in total. The minimum atomic E-state index is 0.320. The first-order valence-electron chi connectivity index (χ1n) is 8.72. The van der Waals surface area contributed by atoms with Crippen LogP contribution in [-0.2, 0) is 12.8 Å². The van der Waals surface area contributed by atoms with E-state index in [1.807, 2.05) is 0 Å². The summed E-state index contributed by atoms with van der Waals surface area (Å²) in [5, 5.41) is 7.01. The molecule has 1 aromatic heterocycles. The SMILES string of the molecule is c1ccc(C2NNCC2CNc2ncnc3c2CCNCC3)cc1. The summed E-state index contributed by atoms with van der Waals surface area (Å²) in [6.07, 6.45) is 3.65. The average molecular weight is 324 g/mol. The lowest BCUT2D eigenvalue weighted by Crippen LogP contribution is -2.26. The van der Waals surface area contributed by atoms with Gasteiger partial charge >= 0.3 is 0 Å². The first kappa shape index (κ1) is 15.5. The fraction of sp³-hybridized carbons (Fsp3) is 0.444. The van der Waals surface area contributed by atoms with Crippen molar-refractivity contribution in [2.75, 3.05) is 31.5 Å². The number of nitrogens with zero attached hydrogens (tertiary/aromatic N) is 2. The Hall–Kier alpha value is -2.02. The summed E-state index contributed by atoms with van der Waals surface area (Å²) in [6.45, 7) is 3.82. The van der Waals surface area contributed by atoms with E-state index in [9.17, 15) is 0 Å². The van der Waals surface area contributed by atoms with E-state index in [0.717, 1.165) is 44.8 Å². The summed E-state index contributed by atoms with van der Waals surface area (Å²) in [5.74, 6) is 1.48. The van der Waals surface area contributed by atoms with E-state index in [2.05, 4.69) is 61.8 Å². The molecule has 1 fully saturated rings. The van der Waals surface area contributed by atoms with Gasteiger partial charge < -0.3 is 10.6 Å². The topological polar surface area (TPSA) is 73.9 Å². The van der Waals surface area contributed by atoms with Gasteiger partial charge in [-0.05, 0) is 18.5 Å². The van der Waals surface area contributed by atoms with E-state index < -0.39 is 0 Å². The van der Waals surface area contributed by atoms with Gasteiger partial charge in [0.25, 0.3) is 0 Å². The normalized spacial score (nSPS) is 23.5. The Morgan fingerprint density at radius 3 is 2.88 bits per heavy atom. The number of hydrogen-bond acceptors (Lipinski definition) is 6. The molecule has 2 aromatic rings. The number of aromatic nitrogens is 2. The Balaban J connectivity index is 1.47. The molecule has 126 valence electrons. The molecule has 6 heteroatoms.